The Morgan fingerprint density at radius 1 is 1.05 bits per heavy atom. The summed E-state index contributed by atoms with van der Waals surface area (Å²) in [7, 11) is 1.93. The van der Waals surface area contributed by atoms with E-state index in [1.807, 2.05) is 67.7 Å². The number of hydrogen-bond acceptors (Lipinski definition) is 8. The van der Waals surface area contributed by atoms with Gasteiger partial charge < -0.3 is 25.0 Å². The van der Waals surface area contributed by atoms with Crippen LogP contribution in [0.15, 0.2) is 42.9 Å². The maximum absolute atomic E-state index is 12.9. The maximum Gasteiger partial charge on any atom is 0.317 e. The fourth-order valence-electron chi connectivity index (χ4n) is 4.25. The zero-order valence-electron chi connectivity index (χ0n) is 21.4. The molecular formula is C25H31N11O. The van der Waals surface area contributed by atoms with E-state index in [1.54, 1.807) is 12.4 Å². The second-order valence-corrected chi connectivity index (χ2v) is 9.24. The predicted molar refractivity (Wildman–Crippen MR) is 141 cm³/mol. The molecule has 1 fully saturated rings. The van der Waals surface area contributed by atoms with E-state index in [-0.39, 0.29) is 12.1 Å². The number of H-pyrrole nitrogens is 1. The molecule has 0 aromatic carbocycles. The van der Waals surface area contributed by atoms with Gasteiger partial charge >= 0.3 is 6.03 Å². The number of nitrogens with one attached hydrogen (secondary N) is 3. The highest BCUT2D eigenvalue weighted by Crippen LogP contribution is 2.20. The molecule has 0 aliphatic carbocycles. The summed E-state index contributed by atoms with van der Waals surface area (Å²) in [6.07, 6.45) is 5.42. The molecular weight excluding hydrogens is 470 g/mol. The van der Waals surface area contributed by atoms with E-state index in [0.717, 1.165) is 28.5 Å². The number of carbonyl (C=O) groups is 1. The lowest BCUT2D eigenvalue weighted by Crippen LogP contribution is -2.52. The fourth-order valence-corrected chi connectivity index (χ4v) is 4.25. The first-order chi connectivity index (χ1) is 17.9. The number of aryl methyl sites for hydroxylation is 3. The molecule has 1 saturated heterocycles. The van der Waals surface area contributed by atoms with Gasteiger partial charge in [-0.3, -0.25) is 10.1 Å². The van der Waals surface area contributed by atoms with E-state index in [2.05, 4.69) is 45.7 Å². The highest BCUT2D eigenvalue weighted by molar-refractivity contribution is 5.75. The number of imidazole rings is 1. The second-order valence-electron chi connectivity index (χ2n) is 9.24. The molecule has 12 heteroatoms. The number of nitrogens with zero attached hydrogens (tertiary/aromatic N) is 8. The normalized spacial score (nSPS) is 14.5. The van der Waals surface area contributed by atoms with Crippen LogP contribution in [0.4, 0.5) is 22.4 Å². The Morgan fingerprint density at radius 3 is 2.51 bits per heavy atom. The molecule has 5 heterocycles. The molecule has 3 N–H and O–H groups in total. The molecule has 4 aromatic heterocycles. The van der Waals surface area contributed by atoms with Crippen LogP contribution in [0.25, 0.3) is 11.5 Å². The van der Waals surface area contributed by atoms with Crippen molar-refractivity contribution in [3.63, 3.8) is 0 Å². The average molecular weight is 502 g/mol. The van der Waals surface area contributed by atoms with E-state index in [9.17, 15) is 4.79 Å². The largest absolute Gasteiger partial charge is 0.337 e. The van der Waals surface area contributed by atoms with Gasteiger partial charge in [0.1, 0.15) is 11.5 Å². The number of pyridine rings is 1. The van der Waals surface area contributed by atoms with Crippen LogP contribution < -0.4 is 15.5 Å². The van der Waals surface area contributed by atoms with Crippen molar-refractivity contribution in [3.05, 3.63) is 59.8 Å². The molecule has 1 aliphatic rings. The van der Waals surface area contributed by atoms with Crippen LogP contribution in [-0.4, -0.2) is 71.8 Å². The van der Waals surface area contributed by atoms with E-state index >= 15 is 0 Å². The van der Waals surface area contributed by atoms with Crippen molar-refractivity contribution in [2.75, 3.05) is 36.4 Å². The van der Waals surface area contributed by atoms with Crippen LogP contribution in [0.1, 0.15) is 29.9 Å². The minimum absolute atomic E-state index is 0.0956. The zero-order valence-corrected chi connectivity index (χ0v) is 21.4. The van der Waals surface area contributed by atoms with Gasteiger partial charge in [0.05, 0.1) is 6.04 Å². The SMILES string of the molecule is Cc1cc(Nc2cc(C)[nH]n2)nc(N2CCN(C(=O)N[C@@H](C)c3ccc(-c4nccn4C)nc3)CC2)n1. The molecule has 0 radical (unpaired) electrons. The van der Waals surface area contributed by atoms with Gasteiger partial charge in [-0.05, 0) is 32.4 Å². The minimum atomic E-state index is -0.173. The van der Waals surface area contributed by atoms with E-state index in [4.69, 9.17) is 0 Å². The van der Waals surface area contributed by atoms with Crippen LogP contribution in [0.3, 0.4) is 0 Å². The Labute approximate surface area is 215 Å². The van der Waals surface area contributed by atoms with Crippen molar-refractivity contribution < 1.29 is 4.79 Å². The Bertz CT molecular complexity index is 1370. The van der Waals surface area contributed by atoms with Crippen LogP contribution in [0.5, 0.6) is 0 Å². The Hall–Kier alpha value is -4.48. The number of aromatic nitrogens is 7. The van der Waals surface area contributed by atoms with Crippen molar-refractivity contribution in [2.24, 2.45) is 7.05 Å². The number of piperazine rings is 1. The summed E-state index contributed by atoms with van der Waals surface area (Å²) in [6.45, 7) is 8.29. The first-order valence-corrected chi connectivity index (χ1v) is 12.2. The van der Waals surface area contributed by atoms with Crippen LogP contribution >= 0.6 is 0 Å². The quantitative estimate of drug-likeness (QED) is 0.367. The Kier molecular flexibility index (Phi) is 6.71. The standard InChI is InChI=1S/C25H31N11O/c1-16-13-21(30-22-14-17(2)32-33-22)31-24(28-16)35-9-11-36(12-10-35)25(37)29-18(3)19-5-6-20(27-15-19)23-26-7-8-34(23)4/h5-8,13-15,18H,9-12H2,1-4H3,(H,29,37)(H2,28,30,31,32,33)/t18-/m0/s1. The molecule has 12 nitrogen and oxygen atoms in total. The van der Waals surface area contributed by atoms with Gasteiger partial charge in [0.25, 0.3) is 0 Å². The molecule has 0 unspecified atom stereocenters. The average Bonchev–Trinajstić information content (AvgIpc) is 3.51. The molecule has 1 aliphatic heterocycles. The van der Waals surface area contributed by atoms with Crippen LogP contribution in [0, 0.1) is 13.8 Å². The summed E-state index contributed by atoms with van der Waals surface area (Å²) in [5.74, 6) is 2.84. The van der Waals surface area contributed by atoms with Gasteiger partial charge in [-0.2, -0.15) is 10.1 Å². The monoisotopic (exact) mass is 501 g/mol. The van der Waals surface area contributed by atoms with Crippen molar-refractivity contribution in [2.45, 2.75) is 26.8 Å². The van der Waals surface area contributed by atoms with Gasteiger partial charge in [0.15, 0.2) is 11.6 Å². The summed E-state index contributed by atoms with van der Waals surface area (Å²) in [5, 5.41) is 13.4. The third-order valence-electron chi connectivity index (χ3n) is 6.33. The topological polar surface area (TPSA) is 133 Å². The molecule has 37 heavy (non-hydrogen) atoms. The van der Waals surface area contributed by atoms with Gasteiger partial charge in [0, 0.05) is 75.3 Å². The van der Waals surface area contributed by atoms with Crippen LogP contribution in [0.2, 0.25) is 0 Å². The number of rotatable bonds is 6. The summed E-state index contributed by atoms with van der Waals surface area (Å²) in [5.41, 5.74) is 3.55. The predicted octanol–water partition coefficient (Wildman–Crippen LogP) is 2.95. The highest BCUT2D eigenvalue weighted by atomic mass is 16.2. The van der Waals surface area contributed by atoms with E-state index in [0.29, 0.717) is 43.8 Å². The number of aromatic amines is 1. The molecule has 0 saturated carbocycles. The lowest BCUT2D eigenvalue weighted by Gasteiger charge is -2.35. The number of anilines is 3. The highest BCUT2D eigenvalue weighted by Gasteiger charge is 2.24. The van der Waals surface area contributed by atoms with E-state index < -0.39 is 0 Å². The molecule has 192 valence electrons. The summed E-state index contributed by atoms with van der Waals surface area (Å²) in [4.78, 5) is 35.0. The molecule has 5 rings (SSSR count). The molecule has 0 spiro atoms. The fraction of sp³-hybridized carbons (Fsp3) is 0.360. The summed E-state index contributed by atoms with van der Waals surface area (Å²) >= 11 is 0. The molecule has 2 amide bonds. The minimum Gasteiger partial charge on any atom is -0.337 e. The zero-order chi connectivity index (χ0) is 25.9. The third-order valence-corrected chi connectivity index (χ3v) is 6.33. The molecule has 4 aromatic rings. The first kappa shape index (κ1) is 24.2. The maximum atomic E-state index is 12.9. The number of hydrogen-bond donors (Lipinski definition) is 3. The number of carbonyl (C=O) groups excluding carboxylic acids is 1. The van der Waals surface area contributed by atoms with Gasteiger partial charge in [-0.25, -0.2) is 14.8 Å². The van der Waals surface area contributed by atoms with Crippen molar-refractivity contribution in [1.29, 1.82) is 0 Å². The van der Waals surface area contributed by atoms with E-state index in [1.165, 1.54) is 0 Å². The molecule has 0 bridgehead atoms. The van der Waals surface area contributed by atoms with Crippen molar-refractivity contribution in [1.82, 2.24) is 44.9 Å². The molecule has 1 atom stereocenters. The summed E-state index contributed by atoms with van der Waals surface area (Å²) in [6, 6.07) is 7.44. The summed E-state index contributed by atoms with van der Waals surface area (Å²) < 4.78 is 1.92. The van der Waals surface area contributed by atoms with Crippen LogP contribution in [-0.2, 0) is 7.05 Å². The third kappa shape index (κ3) is 5.52. The Balaban J connectivity index is 1.16. The second kappa shape index (κ2) is 10.2. The number of urea groups is 1. The Morgan fingerprint density at radius 2 is 1.86 bits per heavy atom. The first-order valence-electron chi connectivity index (χ1n) is 12.2. The smallest absolute Gasteiger partial charge is 0.317 e. The number of amides is 2. The lowest BCUT2D eigenvalue weighted by atomic mass is 10.1. The van der Waals surface area contributed by atoms with Gasteiger partial charge in [0.2, 0.25) is 5.95 Å². The van der Waals surface area contributed by atoms with Crippen molar-refractivity contribution in [3.8, 4) is 11.5 Å². The van der Waals surface area contributed by atoms with Crippen molar-refractivity contribution >= 4 is 23.6 Å². The lowest BCUT2D eigenvalue weighted by molar-refractivity contribution is 0.191. The van der Waals surface area contributed by atoms with Gasteiger partial charge in [-0.15, -0.1) is 0 Å². The van der Waals surface area contributed by atoms with Gasteiger partial charge in [-0.1, -0.05) is 6.07 Å².